The Bertz CT molecular complexity index is 549. The third-order valence-electron chi connectivity index (χ3n) is 1.70. The molecule has 0 aliphatic rings. The van der Waals surface area contributed by atoms with Crippen LogP contribution in [0.2, 0.25) is 0 Å². The van der Waals surface area contributed by atoms with E-state index >= 15 is 0 Å². The first-order valence-electron chi connectivity index (χ1n) is 3.65. The zero-order valence-corrected chi connectivity index (χ0v) is 6.57. The Kier molecular flexibility index (Phi) is 1.60. The van der Waals surface area contributed by atoms with Gasteiger partial charge >= 0.3 is 5.63 Å². The predicted molar refractivity (Wildman–Crippen MR) is 46.0 cm³/mol. The molecule has 1 aromatic carbocycles. The highest BCUT2D eigenvalue weighted by molar-refractivity contribution is 5.77. The molecule has 1 heterocycles. The van der Waals surface area contributed by atoms with Gasteiger partial charge in [0.1, 0.15) is 17.2 Å². The van der Waals surface area contributed by atoms with Crippen molar-refractivity contribution in [2.24, 2.45) is 0 Å². The zero-order valence-electron chi connectivity index (χ0n) is 6.57. The van der Waals surface area contributed by atoms with Gasteiger partial charge in [-0.2, -0.15) is 5.26 Å². The average molecular weight is 170 g/mol. The molecule has 0 atom stereocenters. The lowest BCUT2D eigenvalue weighted by molar-refractivity contribution is 0.558. The van der Waals surface area contributed by atoms with Crippen LogP contribution in [0.5, 0.6) is 0 Å². The Hall–Kier alpha value is -2.08. The predicted octanol–water partition coefficient (Wildman–Crippen LogP) is 1.46. The van der Waals surface area contributed by atoms with Crippen molar-refractivity contribution < 1.29 is 4.42 Å². The highest BCUT2D eigenvalue weighted by Crippen LogP contribution is 2.11. The molecule has 0 N–H and O–H groups in total. The van der Waals surface area contributed by atoms with Crippen LogP contribution in [0, 0.1) is 17.4 Å². The quantitative estimate of drug-likeness (QED) is 0.562. The van der Waals surface area contributed by atoms with Crippen molar-refractivity contribution in [3.8, 4) is 6.07 Å². The molecular formula is C10H4NO2. The van der Waals surface area contributed by atoms with Crippen LogP contribution in [-0.4, -0.2) is 0 Å². The Balaban J connectivity index is 2.91. The minimum Gasteiger partial charge on any atom is -0.422 e. The van der Waals surface area contributed by atoms with E-state index in [1.807, 2.05) is 0 Å². The average Bonchev–Trinajstić information content (AvgIpc) is 2.17. The van der Waals surface area contributed by atoms with Crippen molar-refractivity contribution in [3.63, 3.8) is 0 Å². The molecule has 0 aliphatic carbocycles. The van der Waals surface area contributed by atoms with Crippen LogP contribution in [0.4, 0.5) is 0 Å². The largest absolute Gasteiger partial charge is 0.422 e. The van der Waals surface area contributed by atoms with Crippen LogP contribution < -0.4 is 5.63 Å². The van der Waals surface area contributed by atoms with Crippen molar-refractivity contribution >= 4 is 11.0 Å². The fraction of sp³-hybridized carbons (Fsp3) is 0. The second-order valence-corrected chi connectivity index (χ2v) is 2.52. The van der Waals surface area contributed by atoms with Crippen LogP contribution in [0.15, 0.2) is 33.5 Å². The minimum absolute atomic E-state index is 0.0266. The molecule has 2 aromatic rings. The molecule has 3 nitrogen and oxygen atoms in total. The molecule has 1 aromatic heterocycles. The summed E-state index contributed by atoms with van der Waals surface area (Å²) in [5.74, 6) is 0. The summed E-state index contributed by atoms with van der Waals surface area (Å²) in [6.45, 7) is 0. The molecular weight excluding hydrogens is 166 g/mol. The van der Waals surface area contributed by atoms with E-state index in [1.165, 1.54) is 6.07 Å². The Labute approximate surface area is 73.8 Å². The Morgan fingerprint density at radius 2 is 2.38 bits per heavy atom. The third kappa shape index (κ3) is 1.18. The molecule has 61 valence electrons. The summed E-state index contributed by atoms with van der Waals surface area (Å²) in [6, 6.07) is 11.1. The van der Waals surface area contributed by atoms with E-state index in [1.54, 1.807) is 24.3 Å². The van der Waals surface area contributed by atoms with E-state index < -0.39 is 5.63 Å². The van der Waals surface area contributed by atoms with Crippen LogP contribution in [0.1, 0.15) is 5.56 Å². The number of hydrogen-bond donors (Lipinski definition) is 0. The minimum atomic E-state index is -0.602. The first-order chi connectivity index (χ1) is 6.31. The summed E-state index contributed by atoms with van der Waals surface area (Å²) in [7, 11) is 0. The topological polar surface area (TPSA) is 54.0 Å². The molecule has 0 saturated carbocycles. The van der Waals surface area contributed by atoms with Crippen molar-refractivity contribution in [2.45, 2.75) is 0 Å². The molecule has 13 heavy (non-hydrogen) atoms. The molecule has 1 radical (unpaired) electrons. The maximum absolute atomic E-state index is 11.1. The number of benzene rings is 1. The summed E-state index contributed by atoms with van der Waals surface area (Å²) in [4.78, 5) is 11.1. The van der Waals surface area contributed by atoms with Crippen molar-refractivity contribution in [2.75, 3.05) is 0 Å². The highest BCUT2D eigenvalue weighted by atomic mass is 16.4. The molecule has 0 unspecified atom stereocenters. The molecule has 2 rings (SSSR count). The van der Waals surface area contributed by atoms with Crippen LogP contribution in [0.3, 0.4) is 0 Å². The van der Waals surface area contributed by atoms with Gasteiger partial charge in [0.25, 0.3) is 0 Å². The standard InChI is InChI=1S/C10H4NO2/c11-6-8-5-7-3-1-2-4-9(7)13-10(8)12/h1,3-5H. The molecule has 0 aliphatic heterocycles. The van der Waals surface area contributed by atoms with E-state index in [4.69, 9.17) is 9.68 Å². The number of fused-ring (bicyclic) bond motifs is 1. The normalized spacial score (nSPS) is 9.77. The molecule has 0 bridgehead atoms. The van der Waals surface area contributed by atoms with Gasteiger partial charge in [-0.1, -0.05) is 12.1 Å². The van der Waals surface area contributed by atoms with E-state index in [-0.39, 0.29) is 5.56 Å². The summed E-state index contributed by atoms with van der Waals surface area (Å²) in [5.41, 5.74) is -0.125. The Morgan fingerprint density at radius 1 is 1.54 bits per heavy atom. The fourth-order valence-electron chi connectivity index (χ4n) is 1.08. The maximum Gasteiger partial charge on any atom is 0.354 e. The summed E-state index contributed by atoms with van der Waals surface area (Å²) >= 11 is 0. The van der Waals surface area contributed by atoms with Crippen molar-refractivity contribution in [3.05, 3.63) is 46.3 Å². The van der Waals surface area contributed by atoms with E-state index in [9.17, 15) is 4.79 Å². The van der Waals surface area contributed by atoms with Gasteiger partial charge in [0.2, 0.25) is 0 Å². The lowest BCUT2D eigenvalue weighted by Gasteiger charge is -1.93. The zero-order chi connectivity index (χ0) is 9.26. The van der Waals surface area contributed by atoms with Gasteiger partial charge < -0.3 is 4.42 Å². The van der Waals surface area contributed by atoms with Crippen molar-refractivity contribution in [1.29, 1.82) is 5.26 Å². The molecule has 0 spiro atoms. The monoisotopic (exact) mass is 170 g/mol. The van der Waals surface area contributed by atoms with Crippen molar-refractivity contribution in [1.82, 2.24) is 0 Å². The number of rotatable bonds is 0. The van der Waals surface area contributed by atoms with Gasteiger partial charge in [-0.25, -0.2) is 4.79 Å². The second-order valence-electron chi connectivity index (χ2n) is 2.52. The molecule has 0 saturated heterocycles. The molecule has 0 amide bonds. The third-order valence-corrected chi connectivity index (χ3v) is 1.70. The SMILES string of the molecule is N#Cc1cc2cc[c]cc2oc1=O. The number of nitriles is 1. The maximum atomic E-state index is 11.1. The lowest BCUT2D eigenvalue weighted by atomic mass is 10.2. The summed E-state index contributed by atoms with van der Waals surface area (Å²) in [6.07, 6.45) is 0. The first kappa shape index (κ1) is 7.56. The summed E-state index contributed by atoms with van der Waals surface area (Å²) in [5, 5.41) is 9.29. The van der Waals surface area contributed by atoms with Crippen LogP contribution in [-0.2, 0) is 0 Å². The van der Waals surface area contributed by atoms with Gasteiger partial charge in [-0.05, 0) is 18.2 Å². The van der Waals surface area contributed by atoms with E-state index in [0.717, 1.165) is 5.39 Å². The van der Waals surface area contributed by atoms with Gasteiger partial charge in [0.05, 0.1) is 0 Å². The van der Waals surface area contributed by atoms with Gasteiger partial charge in [-0.3, -0.25) is 0 Å². The first-order valence-corrected chi connectivity index (χ1v) is 3.65. The molecule has 0 fully saturated rings. The molecule has 3 heteroatoms. The number of nitrogens with zero attached hydrogens (tertiary/aromatic N) is 1. The van der Waals surface area contributed by atoms with Gasteiger partial charge in [-0.15, -0.1) is 0 Å². The fourth-order valence-corrected chi connectivity index (χ4v) is 1.08. The van der Waals surface area contributed by atoms with Gasteiger partial charge in [0.15, 0.2) is 0 Å². The summed E-state index contributed by atoms with van der Waals surface area (Å²) < 4.78 is 4.87. The van der Waals surface area contributed by atoms with Crippen LogP contribution in [0.25, 0.3) is 11.0 Å². The Morgan fingerprint density at radius 3 is 3.15 bits per heavy atom. The lowest BCUT2D eigenvalue weighted by Crippen LogP contribution is -2.02. The van der Waals surface area contributed by atoms with E-state index in [2.05, 4.69) is 6.07 Å². The van der Waals surface area contributed by atoms with Gasteiger partial charge in [0, 0.05) is 5.39 Å². The second kappa shape index (κ2) is 2.76. The number of hydrogen-bond acceptors (Lipinski definition) is 3. The van der Waals surface area contributed by atoms with Crippen LogP contribution >= 0.6 is 0 Å². The van der Waals surface area contributed by atoms with E-state index in [0.29, 0.717) is 5.58 Å². The smallest absolute Gasteiger partial charge is 0.354 e. The highest BCUT2D eigenvalue weighted by Gasteiger charge is 2.02.